The summed E-state index contributed by atoms with van der Waals surface area (Å²) in [5.74, 6) is 1.07. The molecule has 0 bridgehead atoms. The number of carbonyl (C=O) groups excluding carboxylic acids is 2. The van der Waals surface area contributed by atoms with E-state index in [4.69, 9.17) is 16.1 Å². The fourth-order valence-electron chi connectivity index (χ4n) is 3.73. The van der Waals surface area contributed by atoms with Gasteiger partial charge in [0.15, 0.2) is 0 Å². The number of nitrogens with zero attached hydrogens (tertiary/aromatic N) is 3. The van der Waals surface area contributed by atoms with E-state index in [0.29, 0.717) is 41.9 Å². The normalized spacial score (nSPS) is 14.5. The molecule has 0 atom stereocenters. The second-order valence-electron chi connectivity index (χ2n) is 7.89. The summed E-state index contributed by atoms with van der Waals surface area (Å²) in [5.41, 5.74) is 2.29. The third kappa shape index (κ3) is 5.68. The fraction of sp³-hybridized carbons (Fsp3) is 0.280. The van der Waals surface area contributed by atoms with Gasteiger partial charge in [0.05, 0.1) is 0 Å². The number of anilines is 1. The van der Waals surface area contributed by atoms with E-state index in [9.17, 15) is 9.59 Å². The van der Waals surface area contributed by atoms with Crippen molar-refractivity contribution in [2.75, 3.05) is 18.4 Å². The zero-order chi connectivity index (χ0) is 23.2. The monoisotopic (exact) mass is 464 g/mol. The summed E-state index contributed by atoms with van der Waals surface area (Å²) >= 11 is 6.15. The summed E-state index contributed by atoms with van der Waals surface area (Å²) in [6, 6.07) is 14.8. The number of amides is 2. The van der Waals surface area contributed by atoms with Crippen molar-refractivity contribution in [3.05, 3.63) is 71.1 Å². The Morgan fingerprint density at radius 3 is 2.73 bits per heavy atom. The summed E-state index contributed by atoms with van der Waals surface area (Å²) in [5, 5.41) is 7.58. The minimum atomic E-state index is -0.0519. The predicted octanol–water partition coefficient (Wildman–Crippen LogP) is 5.16. The molecule has 0 spiro atoms. The summed E-state index contributed by atoms with van der Waals surface area (Å²) in [7, 11) is 0. The van der Waals surface area contributed by atoms with Gasteiger partial charge in [0.2, 0.25) is 23.5 Å². The molecule has 7 nitrogen and oxygen atoms in total. The molecular formula is C25H25ClN4O3. The van der Waals surface area contributed by atoms with E-state index in [1.807, 2.05) is 47.4 Å². The highest BCUT2D eigenvalue weighted by Crippen LogP contribution is 2.29. The maximum Gasteiger partial charge on any atom is 0.246 e. The van der Waals surface area contributed by atoms with Crippen molar-refractivity contribution in [2.24, 2.45) is 0 Å². The molecule has 0 saturated carbocycles. The van der Waals surface area contributed by atoms with Crippen molar-refractivity contribution in [3.8, 4) is 11.4 Å². The van der Waals surface area contributed by atoms with Crippen molar-refractivity contribution in [1.29, 1.82) is 0 Å². The lowest BCUT2D eigenvalue weighted by atomic mass is 9.96. The molecule has 1 aliphatic rings. The van der Waals surface area contributed by atoms with Gasteiger partial charge in [-0.1, -0.05) is 54.0 Å². The van der Waals surface area contributed by atoms with Gasteiger partial charge in [0.1, 0.15) is 0 Å². The van der Waals surface area contributed by atoms with Gasteiger partial charge in [-0.05, 0) is 42.7 Å². The third-order valence-corrected chi connectivity index (χ3v) is 5.98. The molecule has 0 aliphatic carbocycles. The van der Waals surface area contributed by atoms with E-state index in [1.165, 1.54) is 0 Å². The predicted molar refractivity (Wildman–Crippen MR) is 128 cm³/mol. The molecule has 2 heterocycles. The number of likely N-dealkylation sites (tertiary alicyclic amines) is 1. The first-order valence-corrected chi connectivity index (χ1v) is 11.4. The van der Waals surface area contributed by atoms with Crippen LogP contribution in [0.2, 0.25) is 5.02 Å². The second kappa shape index (κ2) is 10.4. The van der Waals surface area contributed by atoms with E-state index in [1.54, 1.807) is 25.1 Å². The zero-order valence-electron chi connectivity index (χ0n) is 18.3. The lowest BCUT2D eigenvalue weighted by Crippen LogP contribution is -2.36. The molecule has 1 N–H and O–H groups in total. The Hall–Kier alpha value is -3.45. The largest absolute Gasteiger partial charge is 0.339 e. The zero-order valence-corrected chi connectivity index (χ0v) is 19.1. The number of piperidine rings is 1. The number of halogens is 1. The molecule has 2 aromatic carbocycles. The number of aromatic nitrogens is 2. The number of hydrogen-bond donors (Lipinski definition) is 1. The third-order valence-electron chi connectivity index (χ3n) is 5.63. The van der Waals surface area contributed by atoms with E-state index < -0.39 is 0 Å². The highest BCUT2D eigenvalue weighted by atomic mass is 35.5. The van der Waals surface area contributed by atoms with Gasteiger partial charge in [0.25, 0.3) is 0 Å². The van der Waals surface area contributed by atoms with Crippen molar-refractivity contribution >= 4 is 35.2 Å². The van der Waals surface area contributed by atoms with Crippen LogP contribution in [0.4, 0.5) is 5.69 Å². The van der Waals surface area contributed by atoms with Crippen LogP contribution in [0.5, 0.6) is 0 Å². The second-order valence-corrected chi connectivity index (χ2v) is 8.30. The van der Waals surface area contributed by atoms with E-state index in [0.717, 1.165) is 24.0 Å². The first-order valence-electron chi connectivity index (χ1n) is 11.0. The van der Waals surface area contributed by atoms with Crippen molar-refractivity contribution in [1.82, 2.24) is 15.0 Å². The number of benzene rings is 2. The van der Waals surface area contributed by atoms with Gasteiger partial charge in [-0.3, -0.25) is 9.59 Å². The molecule has 1 saturated heterocycles. The lowest BCUT2D eigenvalue weighted by molar-refractivity contribution is -0.127. The van der Waals surface area contributed by atoms with Gasteiger partial charge in [-0.25, -0.2) is 0 Å². The topological polar surface area (TPSA) is 88.3 Å². The van der Waals surface area contributed by atoms with Gasteiger partial charge >= 0.3 is 0 Å². The summed E-state index contributed by atoms with van der Waals surface area (Å²) in [4.78, 5) is 30.6. The maximum absolute atomic E-state index is 12.6. The van der Waals surface area contributed by atoms with E-state index >= 15 is 0 Å². The molecule has 0 unspecified atom stereocenters. The SMILES string of the molecule is CCC(=O)Nc1cccc(-c2noc(C3CCN(C(=O)/C=C/c4ccccc4Cl)CC3)n2)c1. The molecule has 4 rings (SSSR count). The molecule has 8 heteroatoms. The van der Waals surface area contributed by atoms with Crippen LogP contribution in [0.3, 0.4) is 0 Å². The minimum absolute atomic E-state index is 0.0365. The average molecular weight is 465 g/mol. The Morgan fingerprint density at radius 2 is 1.97 bits per heavy atom. The number of carbonyl (C=O) groups is 2. The molecule has 33 heavy (non-hydrogen) atoms. The number of rotatable bonds is 6. The smallest absolute Gasteiger partial charge is 0.246 e. The lowest BCUT2D eigenvalue weighted by Gasteiger charge is -2.29. The van der Waals surface area contributed by atoms with Crippen LogP contribution >= 0.6 is 11.6 Å². The molecular weight excluding hydrogens is 440 g/mol. The molecule has 0 radical (unpaired) electrons. The number of hydrogen-bond acceptors (Lipinski definition) is 5. The van der Waals surface area contributed by atoms with Crippen LogP contribution in [0.25, 0.3) is 17.5 Å². The molecule has 170 valence electrons. The van der Waals surface area contributed by atoms with Gasteiger partial charge in [0, 0.05) is 47.8 Å². The minimum Gasteiger partial charge on any atom is -0.339 e. The van der Waals surface area contributed by atoms with Crippen LogP contribution in [-0.2, 0) is 9.59 Å². The van der Waals surface area contributed by atoms with Crippen molar-refractivity contribution < 1.29 is 14.1 Å². The van der Waals surface area contributed by atoms with Gasteiger partial charge in [-0.15, -0.1) is 0 Å². The Kier molecular flexibility index (Phi) is 7.19. The van der Waals surface area contributed by atoms with Crippen LogP contribution in [0.15, 0.2) is 59.1 Å². The Labute approximate surface area is 197 Å². The highest BCUT2D eigenvalue weighted by molar-refractivity contribution is 6.32. The molecule has 2 amide bonds. The summed E-state index contributed by atoms with van der Waals surface area (Å²) in [6.45, 7) is 3.04. The first kappa shape index (κ1) is 22.7. The van der Waals surface area contributed by atoms with Gasteiger partial charge in [-0.2, -0.15) is 4.98 Å². The van der Waals surface area contributed by atoms with Crippen LogP contribution in [-0.4, -0.2) is 39.9 Å². The quantitative estimate of drug-likeness (QED) is 0.509. The Morgan fingerprint density at radius 1 is 1.18 bits per heavy atom. The highest BCUT2D eigenvalue weighted by Gasteiger charge is 2.27. The standard InChI is InChI=1S/C25H25ClN4O3/c1-2-22(31)27-20-8-5-7-19(16-20)24-28-25(33-29-24)18-12-14-30(15-13-18)23(32)11-10-17-6-3-4-9-21(17)26/h3-11,16,18H,2,12-15H2,1H3,(H,27,31)/b11-10+. The molecule has 1 fully saturated rings. The summed E-state index contributed by atoms with van der Waals surface area (Å²) < 4.78 is 5.53. The van der Waals surface area contributed by atoms with E-state index in [-0.39, 0.29) is 17.7 Å². The van der Waals surface area contributed by atoms with Crippen LogP contribution in [0, 0.1) is 0 Å². The maximum atomic E-state index is 12.6. The van der Waals surface area contributed by atoms with Crippen LogP contribution < -0.4 is 5.32 Å². The van der Waals surface area contributed by atoms with Crippen molar-refractivity contribution in [2.45, 2.75) is 32.1 Å². The van der Waals surface area contributed by atoms with E-state index in [2.05, 4.69) is 15.5 Å². The fourth-order valence-corrected chi connectivity index (χ4v) is 3.93. The Bertz CT molecular complexity index is 1170. The first-order chi connectivity index (χ1) is 16.0. The average Bonchev–Trinajstić information content (AvgIpc) is 3.34. The van der Waals surface area contributed by atoms with Gasteiger partial charge < -0.3 is 14.7 Å². The summed E-state index contributed by atoms with van der Waals surface area (Å²) in [6.07, 6.45) is 5.22. The van der Waals surface area contributed by atoms with Crippen molar-refractivity contribution in [3.63, 3.8) is 0 Å². The molecule has 1 aliphatic heterocycles. The van der Waals surface area contributed by atoms with Crippen LogP contribution in [0.1, 0.15) is 43.6 Å². The Balaban J connectivity index is 1.35. The molecule has 1 aromatic heterocycles. The molecule has 3 aromatic rings. The number of nitrogens with one attached hydrogen (secondary N) is 1.